The van der Waals surface area contributed by atoms with Crippen molar-refractivity contribution in [3.05, 3.63) is 33.9 Å². The number of anilines is 1. The van der Waals surface area contributed by atoms with Gasteiger partial charge in [0.25, 0.3) is 11.6 Å². The van der Waals surface area contributed by atoms with Gasteiger partial charge in [-0.05, 0) is 31.7 Å². The van der Waals surface area contributed by atoms with Crippen LogP contribution in [0.1, 0.15) is 49.9 Å². The van der Waals surface area contributed by atoms with E-state index in [1.807, 2.05) is 18.7 Å². The Morgan fingerprint density at radius 1 is 1.27 bits per heavy atom. The van der Waals surface area contributed by atoms with Crippen LogP contribution in [0.4, 0.5) is 11.4 Å². The van der Waals surface area contributed by atoms with Crippen LogP contribution in [0.3, 0.4) is 0 Å². The number of ether oxygens (including phenoxy) is 1. The highest BCUT2D eigenvalue weighted by Gasteiger charge is 2.24. The van der Waals surface area contributed by atoms with Crippen LogP contribution < -0.4 is 10.2 Å². The van der Waals surface area contributed by atoms with Crippen molar-refractivity contribution >= 4 is 23.3 Å². The number of nitro groups is 1. The zero-order chi connectivity index (χ0) is 19.1. The van der Waals surface area contributed by atoms with Crippen molar-refractivity contribution in [1.82, 2.24) is 5.32 Å². The Labute approximate surface area is 152 Å². The highest BCUT2D eigenvalue weighted by Crippen LogP contribution is 2.28. The lowest BCUT2D eigenvalue weighted by atomic mass is 10.1. The van der Waals surface area contributed by atoms with Gasteiger partial charge in [0.2, 0.25) is 0 Å². The first kappa shape index (κ1) is 19.7. The molecule has 0 spiro atoms. The Hall–Kier alpha value is -2.64. The summed E-state index contributed by atoms with van der Waals surface area (Å²) in [6.07, 6.45) is 3.59. The van der Waals surface area contributed by atoms with Crippen LogP contribution in [0.2, 0.25) is 0 Å². The number of carbonyl (C=O) groups excluding carboxylic acids is 2. The Morgan fingerprint density at radius 3 is 2.50 bits per heavy atom. The van der Waals surface area contributed by atoms with E-state index in [1.54, 1.807) is 6.07 Å². The Kier molecular flexibility index (Phi) is 6.94. The fraction of sp³-hybridized carbons (Fsp3) is 0.556. The number of hydrogen-bond acceptors (Lipinski definition) is 6. The molecule has 8 nitrogen and oxygen atoms in total. The molecule has 1 aliphatic rings. The molecule has 0 unspecified atom stereocenters. The number of nitrogens with one attached hydrogen (secondary N) is 1. The van der Waals surface area contributed by atoms with Crippen LogP contribution in [0, 0.1) is 10.1 Å². The maximum absolute atomic E-state index is 12.5. The zero-order valence-electron chi connectivity index (χ0n) is 15.2. The SMILES string of the molecule is CCC(CC)NC(=O)COC(=O)c1cc([N+](=O)[O-])ccc1N1CCCC1. The lowest BCUT2D eigenvalue weighted by Gasteiger charge is -2.20. The minimum atomic E-state index is -0.727. The highest BCUT2D eigenvalue weighted by molar-refractivity contribution is 5.97. The zero-order valence-corrected chi connectivity index (χ0v) is 15.2. The van der Waals surface area contributed by atoms with Gasteiger partial charge in [-0.3, -0.25) is 14.9 Å². The first-order valence-electron chi connectivity index (χ1n) is 8.96. The van der Waals surface area contributed by atoms with E-state index in [0.717, 1.165) is 38.8 Å². The summed E-state index contributed by atoms with van der Waals surface area (Å²) in [7, 11) is 0. The van der Waals surface area contributed by atoms with E-state index in [4.69, 9.17) is 4.74 Å². The fourth-order valence-electron chi connectivity index (χ4n) is 3.01. The number of carbonyl (C=O) groups is 2. The summed E-state index contributed by atoms with van der Waals surface area (Å²) in [5.74, 6) is -1.10. The van der Waals surface area contributed by atoms with Crippen molar-refractivity contribution in [3.8, 4) is 0 Å². The van der Waals surface area contributed by atoms with Crippen LogP contribution in [0.5, 0.6) is 0 Å². The van der Waals surface area contributed by atoms with Crippen LogP contribution in [-0.2, 0) is 9.53 Å². The molecule has 0 atom stereocenters. The Bertz CT molecular complexity index is 667. The summed E-state index contributed by atoms with van der Waals surface area (Å²) in [6, 6.07) is 4.21. The molecule has 0 bridgehead atoms. The second kappa shape index (κ2) is 9.17. The minimum absolute atomic E-state index is 0.0409. The third-order valence-electron chi connectivity index (χ3n) is 4.54. The van der Waals surface area contributed by atoms with E-state index in [-0.39, 0.29) is 23.2 Å². The molecule has 0 aromatic heterocycles. The van der Waals surface area contributed by atoms with E-state index in [9.17, 15) is 19.7 Å². The molecule has 1 amide bonds. The summed E-state index contributed by atoms with van der Waals surface area (Å²) < 4.78 is 5.11. The first-order valence-corrected chi connectivity index (χ1v) is 8.96. The molecule has 1 aromatic carbocycles. The average molecular weight is 363 g/mol. The van der Waals surface area contributed by atoms with Crippen LogP contribution in [0.25, 0.3) is 0 Å². The molecule has 142 valence electrons. The van der Waals surface area contributed by atoms with Crippen molar-refractivity contribution in [3.63, 3.8) is 0 Å². The van der Waals surface area contributed by atoms with Gasteiger partial charge in [0.15, 0.2) is 6.61 Å². The average Bonchev–Trinajstić information content (AvgIpc) is 3.18. The van der Waals surface area contributed by atoms with Crippen LogP contribution in [0.15, 0.2) is 18.2 Å². The van der Waals surface area contributed by atoms with Crippen molar-refractivity contribution in [2.45, 2.75) is 45.6 Å². The minimum Gasteiger partial charge on any atom is -0.452 e. The predicted octanol–water partition coefficient (Wildman–Crippen LogP) is 2.66. The second-order valence-corrected chi connectivity index (χ2v) is 6.31. The molecule has 1 saturated heterocycles. The quantitative estimate of drug-likeness (QED) is 0.433. The summed E-state index contributed by atoms with van der Waals surface area (Å²) >= 11 is 0. The van der Waals surface area contributed by atoms with Gasteiger partial charge in [0.1, 0.15) is 0 Å². The maximum atomic E-state index is 12.5. The molecule has 26 heavy (non-hydrogen) atoms. The number of rotatable bonds is 8. The van der Waals surface area contributed by atoms with E-state index in [1.165, 1.54) is 12.1 Å². The van der Waals surface area contributed by atoms with Gasteiger partial charge in [-0.15, -0.1) is 0 Å². The number of nitrogens with zero attached hydrogens (tertiary/aromatic N) is 2. The molecular weight excluding hydrogens is 338 g/mol. The van der Waals surface area contributed by atoms with Gasteiger partial charge in [0, 0.05) is 31.3 Å². The Balaban J connectivity index is 2.11. The molecular formula is C18H25N3O5. The topological polar surface area (TPSA) is 102 Å². The summed E-state index contributed by atoms with van der Waals surface area (Å²) in [5, 5.41) is 13.8. The molecule has 1 fully saturated rings. The van der Waals surface area contributed by atoms with Gasteiger partial charge < -0.3 is 15.0 Å². The molecule has 0 aliphatic carbocycles. The highest BCUT2D eigenvalue weighted by atomic mass is 16.6. The van der Waals surface area contributed by atoms with Gasteiger partial charge >= 0.3 is 5.97 Å². The third kappa shape index (κ3) is 4.93. The van der Waals surface area contributed by atoms with Crippen molar-refractivity contribution in [1.29, 1.82) is 0 Å². The molecule has 0 saturated carbocycles. The van der Waals surface area contributed by atoms with Crippen LogP contribution in [-0.4, -0.2) is 42.5 Å². The monoisotopic (exact) mass is 363 g/mol. The van der Waals surface area contributed by atoms with Gasteiger partial charge in [0.05, 0.1) is 16.2 Å². The third-order valence-corrected chi connectivity index (χ3v) is 4.54. The maximum Gasteiger partial charge on any atom is 0.341 e. The van der Waals surface area contributed by atoms with Crippen molar-refractivity contribution in [2.75, 3.05) is 24.6 Å². The molecule has 1 aromatic rings. The largest absolute Gasteiger partial charge is 0.452 e. The van der Waals surface area contributed by atoms with Gasteiger partial charge in [-0.2, -0.15) is 0 Å². The first-order chi connectivity index (χ1) is 12.5. The molecule has 8 heteroatoms. The van der Waals surface area contributed by atoms with E-state index < -0.39 is 17.5 Å². The number of esters is 1. The van der Waals surface area contributed by atoms with Crippen molar-refractivity contribution < 1.29 is 19.2 Å². The van der Waals surface area contributed by atoms with E-state index in [0.29, 0.717) is 5.69 Å². The molecule has 0 radical (unpaired) electrons. The summed E-state index contributed by atoms with van der Waals surface area (Å²) in [6.45, 7) is 5.09. The fourth-order valence-corrected chi connectivity index (χ4v) is 3.01. The molecule has 1 N–H and O–H groups in total. The summed E-state index contributed by atoms with van der Waals surface area (Å²) in [5.41, 5.74) is 0.552. The van der Waals surface area contributed by atoms with E-state index >= 15 is 0 Å². The van der Waals surface area contributed by atoms with Crippen LogP contribution >= 0.6 is 0 Å². The van der Waals surface area contributed by atoms with Gasteiger partial charge in [-0.1, -0.05) is 13.8 Å². The number of benzene rings is 1. The molecule has 2 rings (SSSR count). The van der Waals surface area contributed by atoms with E-state index in [2.05, 4.69) is 5.32 Å². The van der Waals surface area contributed by atoms with Gasteiger partial charge in [-0.25, -0.2) is 4.79 Å². The summed E-state index contributed by atoms with van der Waals surface area (Å²) in [4.78, 5) is 36.9. The molecule has 1 aliphatic heterocycles. The normalized spacial score (nSPS) is 13.7. The lowest BCUT2D eigenvalue weighted by molar-refractivity contribution is -0.384. The predicted molar refractivity (Wildman–Crippen MR) is 97.3 cm³/mol. The second-order valence-electron chi connectivity index (χ2n) is 6.31. The Morgan fingerprint density at radius 2 is 1.92 bits per heavy atom. The smallest absolute Gasteiger partial charge is 0.341 e. The number of nitro benzene ring substituents is 1. The number of hydrogen-bond donors (Lipinski definition) is 1. The lowest BCUT2D eigenvalue weighted by Crippen LogP contribution is -2.37. The standard InChI is InChI=1S/C18H25N3O5/c1-3-13(4-2)19-17(22)12-26-18(23)15-11-14(21(24)25)7-8-16(15)20-9-5-6-10-20/h7-8,11,13H,3-6,9-10,12H2,1-2H3,(H,19,22). The number of non-ortho nitro benzene ring substituents is 1. The molecule has 1 heterocycles. The van der Waals surface area contributed by atoms with Crippen molar-refractivity contribution in [2.24, 2.45) is 0 Å². The number of amides is 1.